The summed E-state index contributed by atoms with van der Waals surface area (Å²) in [5.74, 6) is -0.330. The SMILES string of the molecule is C=CC(=O)OC(C)C[N+](CC)(CC)CC. The molecule has 0 aromatic carbocycles. The van der Waals surface area contributed by atoms with Gasteiger partial charge >= 0.3 is 5.97 Å². The second-order valence-corrected chi connectivity index (χ2v) is 3.92. The molecule has 0 spiro atoms. The minimum absolute atomic E-state index is 0.0460. The molecule has 0 bridgehead atoms. The highest BCUT2D eigenvalue weighted by Crippen LogP contribution is 2.09. The first-order chi connectivity index (χ1) is 7.03. The van der Waals surface area contributed by atoms with Crippen molar-refractivity contribution in [3.05, 3.63) is 12.7 Å². The van der Waals surface area contributed by atoms with Crippen LogP contribution in [-0.4, -0.2) is 42.7 Å². The molecule has 3 heteroatoms. The summed E-state index contributed by atoms with van der Waals surface area (Å²) in [6, 6.07) is 0. The van der Waals surface area contributed by atoms with Crippen LogP contribution in [0.2, 0.25) is 0 Å². The zero-order valence-corrected chi connectivity index (χ0v) is 10.5. The van der Waals surface area contributed by atoms with E-state index in [4.69, 9.17) is 4.74 Å². The van der Waals surface area contributed by atoms with E-state index in [2.05, 4.69) is 27.4 Å². The van der Waals surface area contributed by atoms with Crippen molar-refractivity contribution >= 4 is 5.97 Å². The number of nitrogens with zero attached hydrogens (tertiary/aromatic N) is 1. The van der Waals surface area contributed by atoms with Crippen molar-refractivity contribution in [2.45, 2.75) is 33.8 Å². The Morgan fingerprint density at radius 1 is 1.33 bits per heavy atom. The molecule has 0 amide bonds. The summed E-state index contributed by atoms with van der Waals surface area (Å²) in [5.41, 5.74) is 0. The fraction of sp³-hybridized carbons (Fsp3) is 0.750. The number of quaternary nitrogens is 1. The molecule has 0 aromatic rings. The average Bonchev–Trinajstić information content (AvgIpc) is 2.26. The predicted octanol–water partition coefficient (Wildman–Crippen LogP) is 1.98. The number of hydrogen-bond donors (Lipinski definition) is 0. The fourth-order valence-electron chi connectivity index (χ4n) is 1.89. The van der Waals surface area contributed by atoms with E-state index < -0.39 is 0 Å². The fourth-order valence-corrected chi connectivity index (χ4v) is 1.89. The molecule has 88 valence electrons. The molecular weight excluding hydrogens is 190 g/mol. The van der Waals surface area contributed by atoms with Crippen LogP contribution in [0.3, 0.4) is 0 Å². The van der Waals surface area contributed by atoms with Crippen LogP contribution >= 0.6 is 0 Å². The van der Waals surface area contributed by atoms with E-state index in [0.717, 1.165) is 30.7 Å². The third-order valence-corrected chi connectivity index (χ3v) is 3.14. The lowest BCUT2D eigenvalue weighted by atomic mass is 10.2. The normalized spacial score (nSPS) is 13.3. The van der Waals surface area contributed by atoms with E-state index in [1.165, 1.54) is 6.08 Å². The van der Waals surface area contributed by atoms with Crippen LogP contribution in [0.15, 0.2) is 12.7 Å². The first kappa shape index (κ1) is 14.2. The van der Waals surface area contributed by atoms with Crippen LogP contribution in [0.25, 0.3) is 0 Å². The predicted molar refractivity (Wildman–Crippen MR) is 62.5 cm³/mol. The van der Waals surface area contributed by atoms with Crippen molar-refractivity contribution < 1.29 is 14.0 Å². The zero-order chi connectivity index (χ0) is 11.9. The summed E-state index contributed by atoms with van der Waals surface area (Å²) in [4.78, 5) is 11.0. The maximum absolute atomic E-state index is 11.0. The van der Waals surface area contributed by atoms with E-state index in [-0.39, 0.29) is 12.1 Å². The van der Waals surface area contributed by atoms with Crippen molar-refractivity contribution in [3.8, 4) is 0 Å². The van der Waals surface area contributed by atoms with Gasteiger partial charge in [0.2, 0.25) is 0 Å². The Hall–Kier alpha value is -0.830. The standard InChI is InChI=1S/C12H24NO2/c1-6-12(14)15-11(5)10-13(7-2,8-3)9-4/h6,11H,1,7-10H2,2-5H3/q+1. The van der Waals surface area contributed by atoms with E-state index in [1.54, 1.807) is 0 Å². The largest absolute Gasteiger partial charge is 0.454 e. The van der Waals surface area contributed by atoms with Gasteiger partial charge in [-0.1, -0.05) is 6.58 Å². The van der Waals surface area contributed by atoms with Crippen LogP contribution in [0, 0.1) is 0 Å². The van der Waals surface area contributed by atoms with Crippen molar-refractivity contribution in [3.63, 3.8) is 0 Å². The van der Waals surface area contributed by atoms with Gasteiger partial charge in [-0.05, 0) is 27.7 Å². The number of rotatable bonds is 7. The smallest absolute Gasteiger partial charge is 0.330 e. The molecule has 0 aliphatic carbocycles. The minimum atomic E-state index is -0.330. The number of carbonyl (C=O) groups is 1. The Bertz CT molecular complexity index is 201. The number of hydrogen-bond acceptors (Lipinski definition) is 2. The van der Waals surface area contributed by atoms with Crippen LogP contribution in [0.1, 0.15) is 27.7 Å². The number of likely N-dealkylation sites (N-methyl/N-ethyl adjacent to an activating group) is 1. The van der Waals surface area contributed by atoms with E-state index in [1.807, 2.05) is 6.92 Å². The van der Waals surface area contributed by atoms with Gasteiger partial charge in [-0.3, -0.25) is 0 Å². The third-order valence-electron chi connectivity index (χ3n) is 3.14. The molecule has 0 rings (SSSR count). The molecule has 1 unspecified atom stereocenters. The Morgan fingerprint density at radius 2 is 1.80 bits per heavy atom. The lowest BCUT2D eigenvalue weighted by molar-refractivity contribution is -0.925. The molecule has 0 fully saturated rings. The molecule has 0 aliphatic rings. The summed E-state index contributed by atoms with van der Waals surface area (Å²) in [7, 11) is 0. The summed E-state index contributed by atoms with van der Waals surface area (Å²) in [6.07, 6.45) is 1.17. The third kappa shape index (κ3) is 4.47. The molecule has 0 saturated carbocycles. The molecule has 0 aromatic heterocycles. The van der Waals surface area contributed by atoms with Gasteiger partial charge in [0, 0.05) is 6.08 Å². The van der Waals surface area contributed by atoms with Crippen LogP contribution in [0.5, 0.6) is 0 Å². The lowest BCUT2D eigenvalue weighted by Crippen LogP contribution is -2.51. The van der Waals surface area contributed by atoms with Gasteiger partial charge in [-0.2, -0.15) is 0 Å². The first-order valence-corrected chi connectivity index (χ1v) is 5.71. The molecule has 0 N–H and O–H groups in total. The monoisotopic (exact) mass is 214 g/mol. The zero-order valence-electron chi connectivity index (χ0n) is 10.5. The molecule has 1 atom stereocenters. The molecule has 15 heavy (non-hydrogen) atoms. The summed E-state index contributed by atoms with van der Waals surface area (Å²) in [5, 5.41) is 0. The molecular formula is C12H24NO2+. The van der Waals surface area contributed by atoms with E-state index in [9.17, 15) is 4.79 Å². The Balaban J connectivity index is 4.28. The first-order valence-electron chi connectivity index (χ1n) is 5.71. The van der Waals surface area contributed by atoms with Crippen molar-refractivity contribution in [1.82, 2.24) is 0 Å². The summed E-state index contributed by atoms with van der Waals surface area (Å²) in [6.45, 7) is 16.0. The maximum Gasteiger partial charge on any atom is 0.330 e. The van der Waals surface area contributed by atoms with Gasteiger partial charge in [-0.25, -0.2) is 4.79 Å². The topological polar surface area (TPSA) is 26.3 Å². The number of ether oxygens (including phenoxy) is 1. The van der Waals surface area contributed by atoms with Gasteiger partial charge in [0.1, 0.15) is 12.6 Å². The minimum Gasteiger partial charge on any atom is -0.454 e. The van der Waals surface area contributed by atoms with Gasteiger partial charge in [0.15, 0.2) is 0 Å². The van der Waals surface area contributed by atoms with E-state index >= 15 is 0 Å². The lowest BCUT2D eigenvalue weighted by Gasteiger charge is -2.37. The molecule has 0 radical (unpaired) electrons. The average molecular weight is 214 g/mol. The number of esters is 1. The summed E-state index contributed by atoms with van der Waals surface area (Å²) < 4.78 is 6.18. The highest BCUT2D eigenvalue weighted by atomic mass is 16.5. The Labute approximate surface area is 93.3 Å². The van der Waals surface area contributed by atoms with Gasteiger partial charge < -0.3 is 9.22 Å². The highest BCUT2D eigenvalue weighted by molar-refractivity contribution is 5.81. The van der Waals surface area contributed by atoms with Crippen molar-refractivity contribution in [2.24, 2.45) is 0 Å². The van der Waals surface area contributed by atoms with Crippen LogP contribution in [0.4, 0.5) is 0 Å². The molecule has 0 saturated heterocycles. The Kier molecular flexibility index (Phi) is 6.25. The number of carbonyl (C=O) groups excluding carboxylic acids is 1. The van der Waals surface area contributed by atoms with Gasteiger partial charge in [-0.15, -0.1) is 0 Å². The highest BCUT2D eigenvalue weighted by Gasteiger charge is 2.25. The van der Waals surface area contributed by atoms with Crippen LogP contribution in [-0.2, 0) is 9.53 Å². The van der Waals surface area contributed by atoms with Gasteiger partial charge in [0.05, 0.1) is 19.6 Å². The second-order valence-electron chi connectivity index (χ2n) is 3.92. The quantitative estimate of drug-likeness (QED) is 0.368. The van der Waals surface area contributed by atoms with Crippen molar-refractivity contribution in [1.29, 1.82) is 0 Å². The summed E-state index contributed by atoms with van der Waals surface area (Å²) >= 11 is 0. The van der Waals surface area contributed by atoms with Crippen LogP contribution < -0.4 is 0 Å². The molecule has 0 aliphatic heterocycles. The molecule has 3 nitrogen and oxygen atoms in total. The van der Waals surface area contributed by atoms with Gasteiger partial charge in [0.25, 0.3) is 0 Å². The van der Waals surface area contributed by atoms with E-state index in [0.29, 0.717) is 0 Å². The maximum atomic E-state index is 11.0. The molecule has 0 heterocycles. The van der Waals surface area contributed by atoms with Crippen molar-refractivity contribution in [2.75, 3.05) is 26.2 Å². The Morgan fingerprint density at radius 3 is 2.13 bits per heavy atom. The second kappa shape index (κ2) is 6.62.